The maximum absolute atomic E-state index is 12.1. The van der Waals surface area contributed by atoms with Gasteiger partial charge >= 0.3 is 0 Å². The Labute approximate surface area is 125 Å². The summed E-state index contributed by atoms with van der Waals surface area (Å²) in [6.45, 7) is 6.25. The first kappa shape index (κ1) is 15.3. The molecule has 1 heterocycles. The third-order valence-corrected chi connectivity index (χ3v) is 4.04. The Morgan fingerprint density at radius 2 is 2.20 bits per heavy atom. The highest BCUT2D eigenvalue weighted by Crippen LogP contribution is 2.27. The normalized spacial score (nSPS) is 19.3. The SMILES string of the molecule is CNC1CCN(CC(=O)Nc2c(C)cc(C)cc2Cl)C1. The zero-order valence-corrected chi connectivity index (χ0v) is 13.0. The average Bonchev–Trinajstić information content (AvgIpc) is 2.81. The van der Waals surface area contributed by atoms with E-state index >= 15 is 0 Å². The summed E-state index contributed by atoms with van der Waals surface area (Å²) in [4.78, 5) is 14.3. The van der Waals surface area contributed by atoms with E-state index in [0.29, 0.717) is 17.6 Å². The van der Waals surface area contributed by atoms with Gasteiger partial charge in [0.1, 0.15) is 0 Å². The predicted octanol–water partition coefficient (Wildman–Crippen LogP) is 2.19. The zero-order valence-electron chi connectivity index (χ0n) is 12.3. The molecule has 1 aliphatic rings. The molecule has 4 nitrogen and oxygen atoms in total. The Hall–Kier alpha value is -1.10. The molecule has 0 bridgehead atoms. The van der Waals surface area contributed by atoms with Crippen LogP contribution in [0.15, 0.2) is 12.1 Å². The van der Waals surface area contributed by atoms with E-state index in [9.17, 15) is 4.79 Å². The molecule has 1 unspecified atom stereocenters. The van der Waals surface area contributed by atoms with Gasteiger partial charge in [-0.05, 0) is 44.5 Å². The number of anilines is 1. The Morgan fingerprint density at radius 3 is 2.80 bits per heavy atom. The second-order valence-corrected chi connectivity index (χ2v) is 5.90. The van der Waals surface area contributed by atoms with Gasteiger partial charge in [-0.3, -0.25) is 9.69 Å². The molecule has 2 N–H and O–H groups in total. The monoisotopic (exact) mass is 295 g/mol. The molecule has 0 saturated carbocycles. The number of carbonyl (C=O) groups is 1. The number of carbonyl (C=O) groups excluding carboxylic acids is 1. The maximum Gasteiger partial charge on any atom is 0.238 e. The highest BCUT2D eigenvalue weighted by atomic mass is 35.5. The van der Waals surface area contributed by atoms with Crippen molar-refractivity contribution in [3.63, 3.8) is 0 Å². The molecule has 1 fully saturated rings. The summed E-state index contributed by atoms with van der Waals surface area (Å²) in [7, 11) is 1.96. The molecule has 0 aromatic heterocycles. The molecule has 0 spiro atoms. The van der Waals surface area contributed by atoms with E-state index in [2.05, 4.69) is 15.5 Å². The van der Waals surface area contributed by atoms with Crippen LogP contribution in [0.4, 0.5) is 5.69 Å². The van der Waals surface area contributed by atoms with Crippen LogP contribution in [-0.2, 0) is 4.79 Å². The fourth-order valence-corrected chi connectivity index (χ4v) is 3.04. The number of hydrogen-bond acceptors (Lipinski definition) is 3. The first-order valence-corrected chi connectivity index (χ1v) is 7.33. The van der Waals surface area contributed by atoms with Crippen molar-refractivity contribution in [2.24, 2.45) is 0 Å². The number of aryl methyl sites for hydroxylation is 2. The van der Waals surface area contributed by atoms with Gasteiger partial charge in [0.25, 0.3) is 0 Å². The topological polar surface area (TPSA) is 44.4 Å². The third-order valence-electron chi connectivity index (χ3n) is 3.74. The molecule has 20 heavy (non-hydrogen) atoms. The van der Waals surface area contributed by atoms with E-state index in [4.69, 9.17) is 11.6 Å². The first-order chi connectivity index (χ1) is 9.49. The minimum absolute atomic E-state index is 0.00407. The minimum atomic E-state index is -0.00407. The summed E-state index contributed by atoms with van der Waals surface area (Å²) >= 11 is 6.20. The summed E-state index contributed by atoms with van der Waals surface area (Å²) in [5, 5.41) is 6.78. The van der Waals surface area contributed by atoms with Gasteiger partial charge in [-0.2, -0.15) is 0 Å². The van der Waals surface area contributed by atoms with Crippen LogP contribution in [0, 0.1) is 13.8 Å². The molecule has 5 heteroatoms. The molecule has 0 aliphatic carbocycles. The van der Waals surface area contributed by atoms with Gasteiger partial charge < -0.3 is 10.6 Å². The minimum Gasteiger partial charge on any atom is -0.323 e. The van der Waals surface area contributed by atoms with Crippen LogP contribution in [0.5, 0.6) is 0 Å². The maximum atomic E-state index is 12.1. The van der Waals surface area contributed by atoms with Gasteiger partial charge in [0.05, 0.1) is 17.3 Å². The Kier molecular flexibility index (Phi) is 5.02. The van der Waals surface area contributed by atoms with Crippen molar-refractivity contribution >= 4 is 23.2 Å². The number of hydrogen-bond donors (Lipinski definition) is 2. The molecular weight excluding hydrogens is 274 g/mol. The molecule has 2 rings (SSSR count). The lowest BCUT2D eigenvalue weighted by molar-refractivity contribution is -0.117. The van der Waals surface area contributed by atoms with Crippen molar-refractivity contribution in [1.29, 1.82) is 0 Å². The van der Waals surface area contributed by atoms with E-state index in [-0.39, 0.29) is 5.91 Å². The van der Waals surface area contributed by atoms with E-state index in [1.54, 1.807) is 0 Å². The predicted molar refractivity (Wildman–Crippen MR) is 83.5 cm³/mol. The summed E-state index contributed by atoms with van der Waals surface area (Å²) in [5.41, 5.74) is 2.83. The lowest BCUT2D eigenvalue weighted by Crippen LogP contribution is -2.34. The van der Waals surface area contributed by atoms with E-state index in [1.807, 2.05) is 33.0 Å². The van der Waals surface area contributed by atoms with Crippen molar-refractivity contribution in [2.75, 3.05) is 32.0 Å². The fourth-order valence-electron chi connectivity index (χ4n) is 2.67. The third kappa shape index (κ3) is 3.72. The lowest BCUT2D eigenvalue weighted by atomic mass is 10.1. The highest BCUT2D eigenvalue weighted by molar-refractivity contribution is 6.34. The van der Waals surface area contributed by atoms with Crippen molar-refractivity contribution in [1.82, 2.24) is 10.2 Å². The number of nitrogens with one attached hydrogen (secondary N) is 2. The summed E-state index contributed by atoms with van der Waals surface area (Å²) < 4.78 is 0. The second kappa shape index (κ2) is 6.57. The van der Waals surface area contributed by atoms with Crippen LogP contribution in [0.1, 0.15) is 17.5 Å². The van der Waals surface area contributed by atoms with E-state index in [0.717, 1.165) is 36.3 Å². The molecule has 1 saturated heterocycles. The summed E-state index contributed by atoms with van der Waals surface area (Å²) in [6.07, 6.45) is 1.09. The largest absolute Gasteiger partial charge is 0.323 e. The van der Waals surface area contributed by atoms with E-state index < -0.39 is 0 Å². The number of halogens is 1. The standard InChI is InChI=1S/C15H22ClN3O/c1-10-6-11(2)15(13(16)7-10)18-14(20)9-19-5-4-12(8-19)17-3/h6-7,12,17H,4-5,8-9H2,1-3H3,(H,18,20). The van der Waals surface area contributed by atoms with Gasteiger partial charge in [-0.25, -0.2) is 0 Å². The Balaban J connectivity index is 1.95. The molecule has 110 valence electrons. The molecule has 1 amide bonds. The lowest BCUT2D eigenvalue weighted by Gasteiger charge is -2.17. The zero-order chi connectivity index (χ0) is 14.7. The van der Waals surface area contributed by atoms with Crippen LogP contribution in [0.3, 0.4) is 0 Å². The van der Waals surface area contributed by atoms with Crippen LogP contribution in [0.2, 0.25) is 5.02 Å². The molecule has 1 aliphatic heterocycles. The van der Waals surface area contributed by atoms with Crippen LogP contribution in [-0.4, -0.2) is 43.5 Å². The number of rotatable bonds is 4. The van der Waals surface area contributed by atoms with Crippen LogP contribution >= 0.6 is 11.6 Å². The number of nitrogens with zero attached hydrogens (tertiary/aromatic N) is 1. The number of amides is 1. The van der Waals surface area contributed by atoms with Crippen LogP contribution < -0.4 is 10.6 Å². The van der Waals surface area contributed by atoms with Crippen LogP contribution in [0.25, 0.3) is 0 Å². The van der Waals surface area contributed by atoms with Gasteiger partial charge in [-0.15, -0.1) is 0 Å². The number of likely N-dealkylation sites (tertiary alicyclic amines) is 1. The molecule has 1 atom stereocenters. The molecule has 1 aromatic carbocycles. The first-order valence-electron chi connectivity index (χ1n) is 6.96. The number of benzene rings is 1. The smallest absolute Gasteiger partial charge is 0.238 e. The van der Waals surface area contributed by atoms with E-state index in [1.165, 1.54) is 0 Å². The number of likely N-dealkylation sites (N-methyl/N-ethyl adjacent to an activating group) is 1. The van der Waals surface area contributed by atoms with Gasteiger partial charge in [0.15, 0.2) is 0 Å². The fraction of sp³-hybridized carbons (Fsp3) is 0.533. The Bertz CT molecular complexity index is 481. The highest BCUT2D eigenvalue weighted by Gasteiger charge is 2.23. The van der Waals surface area contributed by atoms with Crippen molar-refractivity contribution in [3.05, 3.63) is 28.3 Å². The molecular formula is C15H22ClN3O. The van der Waals surface area contributed by atoms with Gasteiger partial charge in [0, 0.05) is 19.1 Å². The average molecular weight is 296 g/mol. The summed E-state index contributed by atoms with van der Waals surface area (Å²) in [5.74, 6) is -0.00407. The van der Waals surface area contributed by atoms with Crippen molar-refractivity contribution < 1.29 is 4.79 Å². The molecule has 0 radical (unpaired) electrons. The quantitative estimate of drug-likeness (QED) is 0.895. The summed E-state index contributed by atoms with van der Waals surface area (Å²) in [6, 6.07) is 4.39. The molecule has 1 aromatic rings. The Morgan fingerprint density at radius 1 is 1.45 bits per heavy atom. The van der Waals surface area contributed by atoms with Gasteiger partial charge in [0.2, 0.25) is 5.91 Å². The van der Waals surface area contributed by atoms with Gasteiger partial charge in [-0.1, -0.05) is 17.7 Å². The van der Waals surface area contributed by atoms with Crippen molar-refractivity contribution in [3.8, 4) is 0 Å². The second-order valence-electron chi connectivity index (χ2n) is 5.50. The van der Waals surface area contributed by atoms with Crippen molar-refractivity contribution in [2.45, 2.75) is 26.3 Å².